The molecule has 1 heterocycles. The first-order chi connectivity index (χ1) is 18.0. The Kier molecular flexibility index (Phi) is 8.74. The van der Waals surface area contributed by atoms with Gasteiger partial charge >= 0.3 is 0 Å². The number of likely N-dealkylation sites (tertiary alicyclic amines) is 1. The van der Waals surface area contributed by atoms with Crippen LogP contribution in [0.2, 0.25) is 5.02 Å². The molecule has 2 amide bonds. The van der Waals surface area contributed by atoms with Gasteiger partial charge in [0.2, 0.25) is 5.91 Å². The van der Waals surface area contributed by atoms with Gasteiger partial charge in [-0.05, 0) is 90.3 Å². The highest BCUT2D eigenvalue weighted by atomic mass is 35.5. The zero-order valence-electron chi connectivity index (χ0n) is 22.5. The average Bonchev–Trinajstić information content (AvgIpc) is 2.91. The van der Waals surface area contributed by atoms with Crippen molar-refractivity contribution in [2.45, 2.75) is 43.5 Å². The number of amides is 2. The second kappa shape index (κ2) is 11.8. The number of halogens is 1. The quantitative estimate of drug-likeness (QED) is 0.364. The molecule has 0 radical (unpaired) electrons. The highest BCUT2D eigenvalue weighted by Crippen LogP contribution is 2.30. The maximum atomic E-state index is 13.5. The molecule has 0 aliphatic carbocycles. The fourth-order valence-electron chi connectivity index (χ4n) is 4.96. The van der Waals surface area contributed by atoms with E-state index in [1.54, 1.807) is 18.6 Å². The van der Waals surface area contributed by atoms with E-state index in [9.17, 15) is 13.8 Å². The number of nitrogens with one attached hydrogen (secondary N) is 1. The Balaban J connectivity index is 1.44. The molecule has 0 aromatic heterocycles. The zero-order valence-corrected chi connectivity index (χ0v) is 24.1. The molecule has 0 saturated carbocycles. The lowest BCUT2D eigenvalue weighted by Crippen LogP contribution is -2.52. The van der Waals surface area contributed by atoms with Crippen LogP contribution in [0.25, 0.3) is 11.1 Å². The van der Waals surface area contributed by atoms with Gasteiger partial charge in [-0.25, -0.2) is 0 Å². The predicted molar refractivity (Wildman–Crippen MR) is 158 cm³/mol. The number of hydrogen-bond donors (Lipinski definition) is 2. The van der Waals surface area contributed by atoms with Gasteiger partial charge in [0.05, 0.1) is 0 Å². The topological polar surface area (TPSA) is 66.5 Å². The number of piperidine rings is 1. The Labute approximate surface area is 232 Å². The third kappa shape index (κ3) is 6.72. The molecule has 1 N–H and O–H groups in total. The van der Waals surface area contributed by atoms with Crippen LogP contribution in [-0.4, -0.2) is 52.6 Å². The lowest BCUT2D eigenvalue weighted by atomic mass is 9.89. The summed E-state index contributed by atoms with van der Waals surface area (Å²) in [4.78, 5) is 29.4. The number of nitrogens with zero attached hydrogens (tertiary/aromatic N) is 1. The first kappa shape index (κ1) is 28.1. The van der Waals surface area contributed by atoms with Crippen LogP contribution in [0, 0.1) is 5.92 Å². The molecule has 1 atom stereocenters. The minimum absolute atomic E-state index is 0.0339. The average molecular weight is 553 g/mol. The van der Waals surface area contributed by atoms with Crippen LogP contribution in [-0.2, 0) is 14.7 Å². The van der Waals surface area contributed by atoms with Gasteiger partial charge in [0.15, 0.2) is 0 Å². The van der Waals surface area contributed by atoms with E-state index in [1.165, 1.54) is 5.56 Å². The third-order valence-corrected chi connectivity index (χ3v) is 9.07. The summed E-state index contributed by atoms with van der Waals surface area (Å²) in [6, 6.07) is 22.3. The van der Waals surface area contributed by atoms with Gasteiger partial charge in [-0.1, -0.05) is 71.8 Å². The number of hydrogen-bond acceptors (Lipinski definition) is 3. The number of benzene rings is 3. The minimum Gasteiger partial charge on any atom is -0.341 e. The summed E-state index contributed by atoms with van der Waals surface area (Å²) in [6.45, 7) is 5.24. The maximum Gasteiger partial charge on any atom is 0.251 e. The van der Waals surface area contributed by atoms with Gasteiger partial charge in [0, 0.05) is 28.6 Å². The second-order valence-electron chi connectivity index (χ2n) is 10.8. The van der Waals surface area contributed by atoms with Crippen LogP contribution in [0.15, 0.2) is 77.7 Å². The van der Waals surface area contributed by atoms with Gasteiger partial charge in [0.25, 0.3) is 5.91 Å². The van der Waals surface area contributed by atoms with E-state index in [1.807, 2.05) is 73.3 Å². The van der Waals surface area contributed by atoms with E-state index in [0.29, 0.717) is 24.6 Å². The molecule has 1 fully saturated rings. The smallest absolute Gasteiger partial charge is 0.251 e. The fraction of sp³-hybridized carbons (Fsp3) is 0.355. The summed E-state index contributed by atoms with van der Waals surface area (Å²) >= 11 is 6.03. The van der Waals surface area contributed by atoms with Crippen LogP contribution in [0.5, 0.6) is 0 Å². The molecule has 3 aromatic carbocycles. The van der Waals surface area contributed by atoms with Crippen molar-refractivity contribution in [1.29, 1.82) is 0 Å². The second-order valence-corrected chi connectivity index (χ2v) is 14.5. The Bertz CT molecular complexity index is 1340. The monoisotopic (exact) mass is 552 g/mol. The van der Waals surface area contributed by atoms with E-state index >= 15 is 0 Å². The third-order valence-electron chi connectivity index (χ3n) is 7.29. The fourth-order valence-corrected chi connectivity index (χ4v) is 5.98. The molecule has 5 nitrogen and oxygen atoms in total. The summed E-state index contributed by atoms with van der Waals surface area (Å²) < 4.78 is 12.6. The Morgan fingerprint density at radius 2 is 1.53 bits per heavy atom. The summed E-state index contributed by atoms with van der Waals surface area (Å²) in [7, 11) is -2.40. The summed E-state index contributed by atoms with van der Waals surface area (Å²) in [6.07, 6.45) is 5.27. The lowest BCUT2D eigenvalue weighted by molar-refractivity contribution is -0.135. The largest absolute Gasteiger partial charge is 0.341 e. The zero-order chi connectivity index (χ0) is 27.4. The van der Waals surface area contributed by atoms with Crippen molar-refractivity contribution < 1.29 is 13.8 Å². The van der Waals surface area contributed by atoms with Crippen LogP contribution < -0.4 is 5.32 Å². The van der Waals surface area contributed by atoms with Crippen LogP contribution >= 0.6 is 11.6 Å². The standard InChI is InChI=1S/C31H37ClN2O3S/c1-21(2)29(31(36)34-17-15-23(16-18-34)22-11-13-27(32)14-12-22)33-30(35)26-9-5-7-24(19-26)25-8-6-10-28(20-25)38(3,4)37/h5-14,19-21,23,29,38H,15-18H2,1-4H3,(H,33,35)/t29-/m1/s1. The van der Waals surface area contributed by atoms with Gasteiger partial charge in [-0.2, -0.15) is 0 Å². The molecule has 38 heavy (non-hydrogen) atoms. The van der Waals surface area contributed by atoms with Crippen molar-refractivity contribution in [3.8, 4) is 11.1 Å². The molecular weight excluding hydrogens is 516 g/mol. The van der Waals surface area contributed by atoms with Crippen molar-refractivity contribution in [1.82, 2.24) is 10.2 Å². The maximum absolute atomic E-state index is 13.5. The van der Waals surface area contributed by atoms with E-state index in [-0.39, 0.29) is 17.7 Å². The highest BCUT2D eigenvalue weighted by Gasteiger charge is 2.31. The van der Waals surface area contributed by atoms with E-state index in [4.69, 9.17) is 11.6 Å². The molecule has 0 spiro atoms. The molecule has 0 bridgehead atoms. The molecule has 3 aromatic rings. The molecular formula is C31H37ClN2O3S. The summed E-state index contributed by atoms with van der Waals surface area (Å²) in [5.41, 5.74) is 3.51. The SMILES string of the molecule is CC(C)[C@@H](NC(=O)c1cccc(-c2cccc([SH](C)(C)=O)c2)c1)C(=O)N1CCC(c2ccc(Cl)cc2)CC1. The van der Waals surface area contributed by atoms with Crippen LogP contribution in [0.3, 0.4) is 0 Å². The van der Waals surface area contributed by atoms with E-state index in [0.717, 1.165) is 33.9 Å². The van der Waals surface area contributed by atoms with Crippen LogP contribution in [0.4, 0.5) is 0 Å². The van der Waals surface area contributed by atoms with E-state index < -0.39 is 16.0 Å². The first-order valence-corrected chi connectivity index (χ1v) is 16.1. The van der Waals surface area contributed by atoms with Crippen molar-refractivity contribution in [3.63, 3.8) is 0 Å². The minimum atomic E-state index is -2.40. The number of thiol groups is 1. The van der Waals surface area contributed by atoms with Gasteiger partial charge in [-0.15, -0.1) is 0 Å². The van der Waals surface area contributed by atoms with Gasteiger partial charge in [0.1, 0.15) is 6.04 Å². The normalized spacial score (nSPS) is 15.8. The lowest BCUT2D eigenvalue weighted by Gasteiger charge is -2.35. The number of carbonyl (C=O) groups is 2. The van der Waals surface area contributed by atoms with Gasteiger partial charge in [-0.3, -0.25) is 13.8 Å². The predicted octanol–water partition coefficient (Wildman–Crippen LogP) is 5.80. The van der Waals surface area contributed by atoms with E-state index in [2.05, 4.69) is 17.4 Å². The molecule has 7 heteroatoms. The highest BCUT2D eigenvalue weighted by molar-refractivity contribution is 8.01. The molecule has 4 rings (SSSR count). The molecule has 1 aliphatic heterocycles. The van der Waals surface area contributed by atoms with Crippen molar-refractivity contribution in [2.75, 3.05) is 25.6 Å². The van der Waals surface area contributed by atoms with Crippen molar-refractivity contribution in [2.24, 2.45) is 5.92 Å². The number of rotatable bonds is 7. The Morgan fingerprint density at radius 1 is 0.921 bits per heavy atom. The first-order valence-electron chi connectivity index (χ1n) is 13.1. The molecule has 1 aliphatic rings. The van der Waals surface area contributed by atoms with Crippen LogP contribution in [0.1, 0.15) is 48.5 Å². The number of carbonyl (C=O) groups excluding carboxylic acids is 2. The van der Waals surface area contributed by atoms with Gasteiger partial charge < -0.3 is 10.2 Å². The van der Waals surface area contributed by atoms with Crippen molar-refractivity contribution in [3.05, 3.63) is 88.9 Å². The molecule has 202 valence electrons. The summed E-state index contributed by atoms with van der Waals surface area (Å²) in [5.74, 6) is 0.0405. The Hall–Kier alpha value is -2.96. The molecule has 1 saturated heterocycles. The molecule has 0 unspecified atom stereocenters. The Morgan fingerprint density at radius 3 is 2.13 bits per heavy atom. The van der Waals surface area contributed by atoms with Crippen molar-refractivity contribution >= 4 is 33.3 Å². The summed E-state index contributed by atoms with van der Waals surface area (Å²) in [5, 5.41) is 3.73.